The van der Waals surface area contributed by atoms with Crippen LogP contribution in [0.2, 0.25) is 0 Å². The smallest absolute Gasteiger partial charge is 0.319 e. The predicted octanol–water partition coefficient (Wildman–Crippen LogP) is 3.45. The molecule has 3 saturated heterocycles. The number of hydrogen-bond donors (Lipinski definition) is 3. The van der Waals surface area contributed by atoms with Gasteiger partial charge >= 0.3 is 6.03 Å². The van der Waals surface area contributed by atoms with Gasteiger partial charge in [-0.25, -0.2) is 4.79 Å². The van der Waals surface area contributed by atoms with Gasteiger partial charge in [-0.05, 0) is 79.3 Å². The van der Waals surface area contributed by atoms with Crippen LogP contribution in [0.4, 0.5) is 10.5 Å². The molecule has 0 aliphatic carbocycles. The molecule has 3 N–H and O–H groups in total. The Balaban J connectivity index is 1.20. The van der Waals surface area contributed by atoms with Crippen LogP contribution in [0.3, 0.4) is 0 Å². The number of methoxy groups -OCH3 is 1. The molecule has 2 aromatic carbocycles. The van der Waals surface area contributed by atoms with E-state index >= 15 is 0 Å². The number of aromatic nitrogens is 1. The van der Waals surface area contributed by atoms with Crippen LogP contribution in [0.5, 0.6) is 5.75 Å². The Hall–Kier alpha value is -3.17. The number of carbonyl (C=O) groups excluding carboxylic acids is 2. The molecule has 1 aromatic heterocycles. The summed E-state index contributed by atoms with van der Waals surface area (Å²) in [5.41, 5.74) is 2.06. The number of anilines is 1. The molecule has 172 valence electrons. The molecule has 1 atom stereocenters. The molecule has 9 heteroatoms. The zero-order valence-electron chi connectivity index (χ0n) is 18.5. The van der Waals surface area contributed by atoms with Crippen LogP contribution in [-0.2, 0) is 6.54 Å². The zero-order chi connectivity index (χ0) is 22.8. The quantitative estimate of drug-likeness (QED) is 0.518. The Bertz CT molecular complexity index is 1170. The summed E-state index contributed by atoms with van der Waals surface area (Å²) >= 11 is 1.27. The molecule has 0 radical (unpaired) electrons. The number of fused-ring (bicyclic) bond motifs is 4. The van der Waals surface area contributed by atoms with Crippen molar-refractivity contribution < 1.29 is 14.3 Å². The van der Waals surface area contributed by atoms with Crippen LogP contribution >= 0.6 is 11.5 Å². The van der Waals surface area contributed by atoms with Crippen molar-refractivity contribution in [2.24, 2.45) is 5.92 Å². The van der Waals surface area contributed by atoms with E-state index in [0.29, 0.717) is 23.8 Å². The van der Waals surface area contributed by atoms with E-state index in [2.05, 4.69) is 25.2 Å². The Morgan fingerprint density at radius 3 is 2.79 bits per heavy atom. The first-order chi connectivity index (χ1) is 16.1. The van der Waals surface area contributed by atoms with Gasteiger partial charge in [0.05, 0.1) is 11.8 Å². The van der Waals surface area contributed by atoms with Crippen LogP contribution < -0.4 is 20.7 Å². The Labute approximate surface area is 196 Å². The average molecular weight is 466 g/mol. The van der Waals surface area contributed by atoms with Gasteiger partial charge in [-0.1, -0.05) is 12.1 Å². The third-order valence-corrected chi connectivity index (χ3v) is 7.31. The Morgan fingerprint density at radius 2 is 2.03 bits per heavy atom. The van der Waals surface area contributed by atoms with Crippen molar-refractivity contribution in [3.05, 3.63) is 53.7 Å². The fourth-order valence-corrected chi connectivity index (χ4v) is 5.50. The summed E-state index contributed by atoms with van der Waals surface area (Å²) in [6.07, 6.45) is 2.30. The highest BCUT2D eigenvalue weighted by atomic mass is 32.1. The number of piperidine rings is 3. The zero-order valence-corrected chi connectivity index (χ0v) is 19.3. The first-order valence-corrected chi connectivity index (χ1v) is 12.0. The molecule has 4 heterocycles. The summed E-state index contributed by atoms with van der Waals surface area (Å²) in [4.78, 5) is 27.7. The van der Waals surface area contributed by atoms with E-state index in [9.17, 15) is 9.59 Å². The fourth-order valence-electron chi connectivity index (χ4n) is 4.68. The SMILES string of the molecule is COc1cccc(CNC(=O)Nc2ccc3c(C(=O)N[C@@H]4CN5CCC4CC5)nsc3c2)c1. The second-order valence-electron chi connectivity index (χ2n) is 8.62. The lowest BCUT2D eigenvalue weighted by Gasteiger charge is -2.44. The highest BCUT2D eigenvalue weighted by molar-refractivity contribution is 7.13. The van der Waals surface area contributed by atoms with Gasteiger partial charge in [-0.15, -0.1) is 0 Å². The molecule has 6 rings (SSSR count). The summed E-state index contributed by atoms with van der Waals surface area (Å²) in [5.74, 6) is 1.20. The maximum atomic E-state index is 12.9. The van der Waals surface area contributed by atoms with E-state index in [1.54, 1.807) is 13.2 Å². The van der Waals surface area contributed by atoms with E-state index in [4.69, 9.17) is 4.74 Å². The van der Waals surface area contributed by atoms with Crippen molar-refractivity contribution in [2.75, 3.05) is 32.1 Å². The molecule has 0 unspecified atom stereocenters. The van der Waals surface area contributed by atoms with Gasteiger partial charge in [0.25, 0.3) is 5.91 Å². The fraction of sp³-hybridized carbons (Fsp3) is 0.375. The predicted molar refractivity (Wildman–Crippen MR) is 129 cm³/mol. The normalized spacial score (nSPS) is 21.5. The monoisotopic (exact) mass is 465 g/mol. The summed E-state index contributed by atoms with van der Waals surface area (Å²) < 4.78 is 10.5. The minimum absolute atomic E-state index is 0.114. The van der Waals surface area contributed by atoms with E-state index in [-0.39, 0.29) is 18.0 Å². The van der Waals surface area contributed by atoms with Gasteiger partial charge in [0, 0.05) is 30.2 Å². The molecule has 0 saturated carbocycles. The first-order valence-electron chi connectivity index (χ1n) is 11.2. The van der Waals surface area contributed by atoms with Gasteiger partial charge in [0.2, 0.25) is 0 Å². The van der Waals surface area contributed by atoms with E-state index in [0.717, 1.165) is 53.9 Å². The lowest BCUT2D eigenvalue weighted by molar-refractivity contribution is 0.0619. The Morgan fingerprint density at radius 1 is 1.18 bits per heavy atom. The second-order valence-corrected chi connectivity index (χ2v) is 9.42. The van der Waals surface area contributed by atoms with Crippen molar-refractivity contribution >= 4 is 39.2 Å². The highest BCUT2D eigenvalue weighted by Crippen LogP contribution is 2.29. The summed E-state index contributed by atoms with van der Waals surface area (Å²) in [6, 6.07) is 12.9. The van der Waals surface area contributed by atoms with Crippen LogP contribution in [0.1, 0.15) is 28.9 Å². The second kappa shape index (κ2) is 9.36. The number of hydrogen-bond acceptors (Lipinski definition) is 6. The molecular weight excluding hydrogens is 438 g/mol. The van der Waals surface area contributed by atoms with E-state index in [1.165, 1.54) is 11.5 Å². The minimum Gasteiger partial charge on any atom is -0.497 e. The third kappa shape index (κ3) is 4.79. The van der Waals surface area contributed by atoms with Gasteiger partial charge in [0.15, 0.2) is 0 Å². The Kier molecular flexibility index (Phi) is 6.15. The summed E-state index contributed by atoms with van der Waals surface area (Å²) in [5, 5.41) is 9.70. The van der Waals surface area contributed by atoms with Crippen molar-refractivity contribution in [2.45, 2.75) is 25.4 Å². The van der Waals surface area contributed by atoms with Gasteiger partial charge in [-0.2, -0.15) is 4.37 Å². The number of urea groups is 1. The minimum atomic E-state index is -0.304. The lowest BCUT2D eigenvalue weighted by Crippen LogP contribution is -2.57. The van der Waals surface area contributed by atoms with E-state index < -0.39 is 0 Å². The highest BCUT2D eigenvalue weighted by Gasteiger charge is 2.35. The standard InChI is InChI=1S/C24H27N5O3S/c1-32-18-4-2-3-15(11-18)13-25-24(31)26-17-5-6-19-21(12-17)33-28-22(19)23(30)27-20-14-29-9-7-16(20)8-10-29/h2-6,11-12,16,20H,7-10,13-14H2,1H3,(H,27,30)(H2,25,26,31)/t20-/m1/s1. The van der Waals surface area contributed by atoms with Crippen LogP contribution in [0.15, 0.2) is 42.5 Å². The summed E-state index contributed by atoms with van der Waals surface area (Å²) in [7, 11) is 1.61. The number of amides is 3. The van der Waals surface area contributed by atoms with Crippen molar-refractivity contribution in [1.82, 2.24) is 19.9 Å². The van der Waals surface area contributed by atoms with Crippen LogP contribution in [0.25, 0.3) is 10.1 Å². The maximum absolute atomic E-state index is 12.9. The van der Waals surface area contributed by atoms with Crippen LogP contribution in [0, 0.1) is 5.92 Å². The molecule has 8 nitrogen and oxygen atoms in total. The molecule has 0 spiro atoms. The van der Waals surface area contributed by atoms with Crippen LogP contribution in [-0.4, -0.2) is 54.0 Å². The molecule has 3 aliphatic rings. The third-order valence-electron chi connectivity index (χ3n) is 6.50. The molecule has 33 heavy (non-hydrogen) atoms. The number of benzene rings is 2. The number of ether oxygens (including phenoxy) is 1. The van der Waals surface area contributed by atoms with Gasteiger partial charge in [0.1, 0.15) is 11.4 Å². The first kappa shape index (κ1) is 21.7. The van der Waals surface area contributed by atoms with E-state index in [1.807, 2.05) is 36.4 Å². The molecule has 3 fully saturated rings. The molecular formula is C24H27N5O3S. The number of nitrogens with zero attached hydrogens (tertiary/aromatic N) is 2. The maximum Gasteiger partial charge on any atom is 0.319 e. The average Bonchev–Trinajstić information content (AvgIpc) is 3.27. The van der Waals surface area contributed by atoms with Crippen molar-refractivity contribution in [3.8, 4) is 5.75 Å². The summed E-state index contributed by atoms with van der Waals surface area (Å²) in [6.45, 7) is 3.59. The topological polar surface area (TPSA) is 95.6 Å². The lowest BCUT2D eigenvalue weighted by atomic mass is 9.84. The number of carbonyl (C=O) groups is 2. The molecule has 3 aromatic rings. The molecule has 2 bridgehead atoms. The number of rotatable bonds is 6. The van der Waals surface area contributed by atoms with Crippen molar-refractivity contribution in [3.63, 3.8) is 0 Å². The van der Waals surface area contributed by atoms with Crippen molar-refractivity contribution in [1.29, 1.82) is 0 Å². The van der Waals surface area contributed by atoms with Gasteiger partial charge in [-0.3, -0.25) is 4.79 Å². The molecule has 3 aliphatic heterocycles. The number of nitrogens with one attached hydrogen (secondary N) is 3. The van der Waals surface area contributed by atoms with Gasteiger partial charge < -0.3 is 25.6 Å². The largest absolute Gasteiger partial charge is 0.497 e. The molecule has 3 amide bonds.